The standard InChI is InChI=1S/C17H20F3N3O/c1-24-15-4-2-3-12(9-15)13-7-14(8-13)22-10-16-21-5-6-23(16)11-17(18,19)20/h2-6,9,13-14,22H,7-8,10-11H2,1H3. The third-order valence-electron chi connectivity index (χ3n) is 4.40. The Morgan fingerprint density at radius 1 is 1.33 bits per heavy atom. The van der Waals surface area contributed by atoms with Crippen molar-refractivity contribution >= 4 is 0 Å². The minimum Gasteiger partial charge on any atom is -0.497 e. The second-order valence-electron chi connectivity index (χ2n) is 6.11. The molecule has 0 atom stereocenters. The summed E-state index contributed by atoms with van der Waals surface area (Å²) < 4.78 is 43.9. The monoisotopic (exact) mass is 339 g/mol. The molecule has 1 heterocycles. The molecule has 1 aromatic heterocycles. The van der Waals surface area contributed by atoms with Gasteiger partial charge in [0, 0.05) is 18.4 Å². The molecule has 0 bridgehead atoms. The van der Waals surface area contributed by atoms with Crippen LogP contribution in [0.25, 0.3) is 0 Å². The topological polar surface area (TPSA) is 39.1 Å². The number of methoxy groups -OCH3 is 1. The maximum atomic E-state index is 12.5. The van der Waals surface area contributed by atoms with Gasteiger partial charge in [0.05, 0.1) is 13.7 Å². The van der Waals surface area contributed by atoms with Gasteiger partial charge in [0.2, 0.25) is 0 Å². The molecule has 1 saturated carbocycles. The Morgan fingerprint density at radius 2 is 2.12 bits per heavy atom. The van der Waals surface area contributed by atoms with E-state index in [4.69, 9.17) is 4.74 Å². The Bertz CT molecular complexity index is 678. The first-order valence-corrected chi connectivity index (χ1v) is 7.88. The maximum absolute atomic E-state index is 12.5. The summed E-state index contributed by atoms with van der Waals surface area (Å²) in [6.07, 6.45) is 0.469. The summed E-state index contributed by atoms with van der Waals surface area (Å²) in [7, 11) is 1.65. The van der Waals surface area contributed by atoms with Crippen LogP contribution in [0.15, 0.2) is 36.7 Å². The maximum Gasteiger partial charge on any atom is 0.406 e. The smallest absolute Gasteiger partial charge is 0.406 e. The normalized spacial score (nSPS) is 20.7. The van der Waals surface area contributed by atoms with Gasteiger partial charge in [0.1, 0.15) is 18.1 Å². The Labute approximate surface area is 138 Å². The lowest BCUT2D eigenvalue weighted by atomic mass is 9.76. The van der Waals surface area contributed by atoms with Crippen LogP contribution >= 0.6 is 0 Å². The Hall–Kier alpha value is -2.02. The average molecular weight is 339 g/mol. The van der Waals surface area contributed by atoms with Crippen molar-refractivity contribution in [3.63, 3.8) is 0 Å². The first-order valence-electron chi connectivity index (χ1n) is 7.88. The minimum absolute atomic E-state index is 0.303. The first kappa shape index (κ1) is 16.8. The number of alkyl halides is 3. The van der Waals surface area contributed by atoms with E-state index in [1.165, 1.54) is 18.0 Å². The number of hydrogen-bond acceptors (Lipinski definition) is 3. The number of imidazole rings is 1. The lowest BCUT2D eigenvalue weighted by Gasteiger charge is -2.36. The first-order chi connectivity index (χ1) is 11.4. The zero-order valence-corrected chi connectivity index (χ0v) is 13.4. The molecular weight excluding hydrogens is 319 g/mol. The van der Waals surface area contributed by atoms with E-state index < -0.39 is 12.7 Å². The summed E-state index contributed by atoms with van der Waals surface area (Å²) in [4.78, 5) is 4.01. The molecule has 1 fully saturated rings. The fourth-order valence-corrected chi connectivity index (χ4v) is 3.03. The van der Waals surface area contributed by atoms with E-state index in [1.54, 1.807) is 7.11 Å². The third kappa shape index (κ3) is 4.08. The molecule has 0 saturated heterocycles. The van der Waals surface area contributed by atoms with Gasteiger partial charge in [-0.25, -0.2) is 4.98 Å². The second kappa shape index (κ2) is 6.84. The summed E-state index contributed by atoms with van der Waals surface area (Å²) in [6.45, 7) is -0.653. The number of ether oxygens (including phenoxy) is 1. The fourth-order valence-electron chi connectivity index (χ4n) is 3.03. The molecule has 1 N–H and O–H groups in total. The van der Waals surface area contributed by atoms with E-state index >= 15 is 0 Å². The summed E-state index contributed by atoms with van der Waals surface area (Å²) in [5.74, 6) is 1.72. The number of nitrogens with one attached hydrogen (secondary N) is 1. The molecule has 1 aromatic carbocycles. The molecule has 1 aliphatic carbocycles. The molecule has 0 unspecified atom stereocenters. The van der Waals surface area contributed by atoms with Crippen molar-refractivity contribution < 1.29 is 17.9 Å². The van der Waals surface area contributed by atoms with Crippen LogP contribution in [0, 0.1) is 0 Å². The molecule has 0 aliphatic heterocycles. The molecule has 2 aromatic rings. The van der Waals surface area contributed by atoms with E-state index in [2.05, 4.69) is 16.4 Å². The molecular formula is C17H20F3N3O. The molecule has 1 aliphatic rings. The molecule has 0 radical (unpaired) electrons. The van der Waals surface area contributed by atoms with Gasteiger partial charge in [0.25, 0.3) is 0 Å². The highest BCUT2D eigenvalue weighted by Crippen LogP contribution is 2.38. The Morgan fingerprint density at radius 3 is 2.83 bits per heavy atom. The van der Waals surface area contributed by atoms with E-state index in [0.29, 0.717) is 24.3 Å². The number of nitrogens with zero attached hydrogens (tertiary/aromatic N) is 2. The van der Waals surface area contributed by atoms with Gasteiger partial charge in [-0.1, -0.05) is 12.1 Å². The fraction of sp³-hybridized carbons (Fsp3) is 0.471. The van der Waals surface area contributed by atoms with Gasteiger partial charge >= 0.3 is 6.18 Å². The third-order valence-corrected chi connectivity index (χ3v) is 4.40. The van der Waals surface area contributed by atoms with Crippen LogP contribution in [0.5, 0.6) is 5.75 Å². The summed E-state index contributed by atoms with van der Waals surface area (Å²) in [6, 6.07) is 8.31. The van der Waals surface area contributed by atoms with Gasteiger partial charge in [-0.15, -0.1) is 0 Å². The van der Waals surface area contributed by atoms with Crippen LogP contribution in [-0.2, 0) is 13.1 Å². The highest BCUT2D eigenvalue weighted by atomic mass is 19.4. The highest BCUT2D eigenvalue weighted by molar-refractivity contribution is 5.32. The largest absolute Gasteiger partial charge is 0.497 e. The lowest BCUT2D eigenvalue weighted by Crippen LogP contribution is -2.40. The van der Waals surface area contributed by atoms with Crippen molar-refractivity contribution in [2.45, 2.75) is 44.1 Å². The van der Waals surface area contributed by atoms with E-state index in [9.17, 15) is 13.2 Å². The van der Waals surface area contributed by atoms with E-state index in [-0.39, 0.29) is 0 Å². The number of rotatable bonds is 6. The minimum atomic E-state index is -4.23. The SMILES string of the molecule is COc1cccc(C2CC(NCc3nccn3CC(F)(F)F)C2)c1. The van der Waals surface area contributed by atoms with Crippen molar-refractivity contribution in [3.8, 4) is 5.75 Å². The van der Waals surface area contributed by atoms with Crippen molar-refractivity contribution in [2.24, 2.45) is 0 Å². The van der Waals surface area contributed by atoms with Crippen molar-refractivity contribution in [2.75, 3.05) is 7.11 Å². The zero-order valence-electron chi connectivity index (χ0n) is 13.4. The summed E-state index contributed by atoms with van der Waals surface area (Å²) >= 11 is 0. The van der Waals surface area contributed by atoms with Crippen LogP contribution in [0.2, 0.25) is 0 Å². The molecule has 3 rings (SSSR count). The number of aromatic nitrogens is 2. The molecule has 7 heteroatoms. The number of benzene rings is 1. The molecule has 0 spiro atoms. The van der Waals surface area contributed by atoms with Gasteiger partial charge in [-0.3, -0.25) is 0 Å². The molecule has 4 nitrogen and oxygen atoms in total. The van der Waals surface area contributed by atoms with E-state index in [1.807, 2.05) is 18.2 Å². The summed E-state index contributed by atoms with van der Waals surface area (Å²) in [5.41, 5.74) is 1.24. The molecule has 0 amide bonds. The van der Waals surface area contributed by atoms with Crippen molar-refractivity contribution in [1.82, 2.24) is 14.9 Å². The summed E-state index contributed by atoms with van der Waals surface area (Å²) in [5, 5.41) is 3.29. The predicted octanol–water partition coefficient (Wildman–Crippen LogP) is 3.49. The quantitative estimate of drug-likeness (QED) is 0.876. The predicted molar refractivity (Wildman–Crippen MR) is 83.9 cm³/mol. The second-order valence-corrected chi connectivity index (χ2v) is 6.11. The van der Waals surface area contributed by atoms with Gasteiger partial charge in [-0.05, 0) is 36.5 Å². The Balaban J connectivity index is 1.49. The van der Waals surface area contributed by atoms with Crippen LogP contribution < -0.4 is 10.1 Å². The molecule has 24 heavy (non-hydrogen) atoms. The van der Waals surface area contributed by atoms with Crippen LogP contribution in [0.3, 0.4) is 0 Å². The van der Waals surface area contributed by atoms with Crippen molar-refractivity contribution in [1.29, 1.82) is 0 Å². The van der Waals surface area contributed by atoms with Crippen LogP contribution in [0.1, 0.15) is 30.1 Å². The zero-order chi connectivity index (χ0) is 17.2. The van der Waals surface area contributed by atoms with Gasteiger partial charge in [-0.2, -0.15) is 13.2 Å². The lowest BCUT2D eigenvalue weighted by molar-refractivity contribution is -0.141. The van der Waals surface area contributed by atoms with Crippen LogP contribution in [-0.4, -0.2) is 28.9 Å². The van der Waals surface area contributed by atoms with Crippen molar-refractivity contribution in [3.05, 3.63) is 48.0 Å². The Kier molecular flexibility index (Phi) is 4.80. The van der Waals surface area contributed by atoms with Crippen LogP contribution in [0.4, 0.5) is 13.2 Å². The molecule has 130 valence electrons. The van der Waals surface area contributed by atoms with Gasteiger partial charge in [0.15, 0.2) is 0 Å². The van der Waals surface area contributed by atoms with E-state index in [0.717, 1.165) is 23.2 Å². The average Bonchev–Trinajstić information content (AvgIpc) is 2.91. The van der Waals surface area contributed by atoms with Gasteiger partial charge < -0.3 is 14.6 Å². The highest BCUT2D eigenvalue weighted by Gasteiger charge is 2.31. The number of halogens is 3. The number of hydrogen-bond donors (Lipinski definition) is 1.